The summed E-state index contributed by atoms with van der Waals surface area (Å²) < 4.78 is 0. The molecular formula is C17H18ClN3O2. The fraction of sp³-hybridized carbons (Fsp3) is 0.176. The van der Waals surface area contributed by atoms with Crippen LogP contribution in [0.25, 0.3) is 0 Å². The van der Waals surface area contributed by atoms with Crippen LogP contribution in [0.3, 0.4) is 0 Å². The molecule has 0 aliphatic rings. The highest BCUT2D eigenvalue weighted by atomic mass is 35.5. The molecule has 0 heterocycles. The van der Waals surface area contributed by atoms with Crippen molar-refractivity contribution in [3.05, 3.63) is 64.2 Å². The van der Waals surface area contributed by atoms with Gasteiger partial charge in [0, 0.05) is 16.3 Å². The van der Waals surface area contributed by atoms with Crippen LogP contribution in [0.5, 0.6) is 0 Å². The standard InChI is InChI=1S/C17H18ClN3O2/c1-10-3-8-14(9-15(10)18)21-17(23)20-11(2)12-4-6-13(7-5-12)16(19)22/h3-9,11H,1-2H3,(H2,19,22)(H2,20,21,23). The number of amides is 3. The monoisotopic (exact) mass is 331 g/mol. The van der Waals surface area contributed by atoms with E-state index in [1.54, 1.807) is 36.4 Å². The molecule has 2 aromatic carbocycles. The molecule has 2 rings (SSSR count). The highest BCUT2D eigenvalue weighted by Crippen LogP contribution is 2.20. The molecule has 0 saturated carbocycles. The third kappa shape index (κ3) is 4.47. The van der Waals surface area contributed by atoms with Gasteiger partial charge in [0.15, 0.2) is 0 Å². The first kappa shape index (κ1) is 16.8. The van der Waals surface area contributed by atoms with E-state index >= 15 is 0 Å². The molecule has 0 bridgehead atoms. The molecule has 120 valence electrons. The van der Waals surface area contributed by atoms with Gasteiger partial charge in [-0.25, -0.2) is 4.79 Å². The summed E-state index contributed by atoms with van der Waals surface area (Å²) in [4.78, 5) is 23.1. The van der Waals surface area contributed by atoms with E-state index in [2.05, 4.69) is 10.6 Å². The van der Waals surface area contributed by atoms with Crippen LogP contribution in [0, 0.1) is 6.92 Å². The van der Waals surface area contributed by atoms with Crippen LogP contribution >= 0.6 is 11.6 Å². The van der Waals surface area contributed by atoms with Crippen molar-refractivity contribution in [1.82, 2.24) is 5.32 Å². The first-order valence-electron chi connectivity index (χ1n) is 7.10. The van der Waals surface area contributed by atoms with Gasteiger partial charge in [-0.2, -0.15) is 0 Å². The van der Waals surface area contributed by atoms with Crippen LogP contribution in [0.1, 0.15) is 34.5 Å². The predicted molar refractivity (Wildman–Crippen MR) is 91.7 cm³/mol. The third-order valence-electron chi connectivity index (χ3n) is 3.47. The van der Waals surface area contributed by atoms with E-state index in [0.717, 1.165) is 11.1 Å². The largest absolute Gasteiger partial charge is 0.366 e. The number of hydrogen-bond donors (Lipinski definition) is 3. The van der Waals surface area contributed by atoms with E-state index < -0.39 is 5.91 Å². The summed E-state index contributed by atoms with van der Waals surface area (Å²) in [5.41, 5.74) is 8.06. The minimum atomic E-state index is -0.480. The maximum absolute atomic E-state index is 12.0. The average molecular weight is 332 g/mol. The normalized spacial score (nSPS) is 11.6. The molecule has 1 unspecified atom stereocenters. The summed E-state index contributed by atoms with van der Waals surface area (Å²) in [6.07, 6.45) is 0. The second-order valence-corrected chi connectivity index (χ2v) is 5.68. The molecule has 1 atom stereocenters. The van der Waals surface area contributed by atoms with Crippen molar-refractivity contribution >= 4 is 29.2 Å². The molecule has 0 saturated heterocycles. The van der Waals surface area contributed by atoms with Crippen molar-refractivity contribution in [2.75, 3.05) is 5.32 Å². The Morgan fingerprint density at radius 1 is 1.13 bits per heavy atom. The van der Waals surface area contributed by atoms with Gasteiger partial charge in [-0.3, -0.25) is 4.79 Å². The molecule has 0 fully saturated rings. The Morgan fingerprint density at radius 3 is 2.35 bits per heavy atom. The second-order valence-electron chi connectivity index (χ2n) is 5.27. The zero-order valence-electron chi connectivity index (χ0n) is 12.9. The Labute approximate surface area is 139 Å². The molecular weight excluding hydrogens is 314 g/mol. The van der Waals surface area contributed by atoms with Crippen LogP contribution in [0.4, 0.5) is 10.5 Å². The van der Waals surface area contributed by atoms with Gasteiger partial charge in [0.2, 0.25) is 5.91 Å². The Bertz CT molecular complexity index is 729. The number of aryl methyl sites for hydroxylation is 1. The molecule has 2 aromatic rings. The maximum atomic E-state index is 12.0. The number of urea groups is 1. The molecule has 0 spiro atoms. The minimum absolute atomic E-state index is 0.224. The van der Waals surface area contributed by atoms with E-state index in [1.807, 2.05) is 19.9 Å². The Kier molecular flexibility index (Phi) is 5.24. The fourth-order valence-corrected chi connectivity index (χ4v) is 2.23. The third-order valence-corrected chi connectivity index (χ3v) is 3.88. The Balaban J connectivity index is 1.98. The summed E-state index contributed by atoms with van der Waals surface area (Å²) in [6.45, 7) is 3.74. The average Bonchev–Trinajstić information content (AvgIpc) is 2.51. The lowest BCUT2D eigenvalue weighted by Crippen LogP contribution is -2.31. The maximum Gasteiger partial charge on any atom is 0.319 e. The van der Waals surface area contributed by atoms with Gasteiger partial charge >= 0.3 is 6.03 Å². The zero-order chi connectivity index (χ0) is 17.0. The molecule has 23 heavy (non-hydrogen) atoms. The molecule has 6 heteroatoms. The number of rotatable bonds is 4. The highest BCUT2D eigenvalue weighted by Gasteiger charge is 2.11. The Hall–Kier alpha value is -2.53. The first-order valence-corrected chi connectivity index (χ1v) is 7.48. The lowest BCUT2D eigenvalue weighted by molar-refractivity contribution is 0.1000. The van der Waals surface area contributed by atoms with Gasteiger partial charge in [0.25, 0.3) is 0 Å². The van der Waals surface area contributed by atoms with Crippen LogP contribution in [0.2, 0.25) is 5.02 Å². The van der Waals surface area contributed by atoms with Crippen molar-refractivity contribution in [2.45, 2.75) is 19.9 Å². The van der Waals surface area contributed by atoms with E-state index in [0.29, 0.717) is 16.3 Å². The summed E-state index contributed by atoms with van der Waals surface area (Å²) in [7, 11) is 0. The zero-order valence-corrected chi connectivity index (χ0v) is 13.6. The summed E-state index contributed by atoms with van der Waals surface area (Å²) >= 11 is 6.03. The summed E-state index contributed by atoms with van der Waals surface area (Å²) in [5.74, 6) is -0.480. The lowest BCUT2D eigenvalue weighted by atomic mass is 10.1. The van der Waals surface area contributed by atoms with Crippen LogP contribution in [-0.4, -0.2) is 11.9 Å². The summed E-state index contributed by atoms with van der Waals surface area (Å²) in [6, 6.07) is 11.5. The van der Waals surface area contributed by atoms with E-state index in [1.165, 1.54) is 0 Å². The number of carbonyl (C=O) groups is 2. The second kappa shape index (κ2) is 7.15. The van der Waals surface area contributed by atoms with Crippen molar-refractivity contribution in [3.8, 4) is 0 Å². The number of anilines is 1. The SMILES string of the molecule is Cc1ccc(NC(=O)NC(C)c2ccc(C(N)=O)cc2)cc1Cl. The van der Waals surface area contributed by atoms with Gasteiger partial charge in [-0.1, -0.05) is 29.8 Å². The van der Waals surface area contributed by atoms with Gasteiger partial charge < -0.3 is 16.4 Å². The highest BCUT2D eigenvalue weighted by molar-refractivity contribution is 6.31. The smallest absolute Gasteiger partial charge is 0.319 e. The fourth-order valence-electron chi connectivity index (χ4n) is 2.05. The van der Waals surface area contributed by atoms with Crippen molar-refractivity contribution in [3.63, 3.8) is 0 Å². The lowest BCUT2D eigenvalue weighted by Gasteiger charge is -2.15. The topological polar surface area (TPSA) is 84.2 Å². The minimum Gasteiger partial charge on any atom is -0.366 e. The van der Waals surface area contributed by atoms with Gasteiger partial charge in [0.05, 0.1) is 6.04 Å². The first-order chi connectivity index (χ1) is 10.9. The number of benzene rings is 2. The molecule has 0 aliphatic carbocycles. The molecule has 0 aliphatic heterocycles. The van der Waals surface area contributed by atoms with Crippen molar-refractivity contribution in [2.24, 2.45) is 5.73 Å². The summed E-state index contributed by atoms with van der Waals surface area (Å²) in [5, 5.41) is 6.15. The van der Waals surface area contributed by atoms with E-state index in [9.17, 15) is 9.59 Å². The number of carbonyl (C=O) groups excluding carboxylic acids is 2. The quantitative estimate of drug-likeness (QED) is 0.799. The molecule has 3 amide bonds. The van der Waals surface area contributed by atoms with Gasteiger partial charge in [-0.05, 0) is 49.2 Å². The van der Waals surface area contributed by atoms with Crippen LogP contribution in [-0.2, 0) is 0 Å². The number of hydrogen-bond acceptors (Lipinski definition) is 2. The Morgan fingerprint density at radius 2 is 1.78 bits per heavy atom. The molecule has 0 radical (unpaired) electrons. The van der Waals surface area contributed by atoms with Crippen LogP contribution < -0.4 is 16.4 Å². The molecule has 4 N–H and O–H groups in total. The number of nitrogens with one attached hydrogen (secondary N) is 2. The van der Waals surface area contributed by atoms with Gasteiger partial charge in [0.1, 0.15) is 0 Å². The van der Waals surface area contributed by atoms with Gasteiger partial charge in [-0.15, -0.1) is 0 Å². The van der Waals surface area contributed by atoms with E-state index in [4.69, 9.17) is 17.3 Å². The van der Waals surface area contributed by atoms with Crippen molar-refractivity contribution in [1.29, 1.82) is 0 Å². The molecule has 5 nitrogen and oxygen atoms in total. The van der Waals surface area contributed by atoms with Crippen molar-refractivity contribution < 1.29 is 9.59 Å². The predicted octanol–water partition coefficient (Wildman–Crippen LogP) is 3.63. The molecule has 0 aromatic heterocycles. The number of primary amides is 1. The van der Waals surface area contributed by atoms with Crippen LogP contribution in [0.15, 0.2) is 42.5 Å². The number of nitrogens with two attached hydrogens (primary N) is 1. The number of halogens is 1. The van der Waals surface area contributed by atoms with E-state index in [-0.39, 0.29) is 12.1 Å².